The number of nitrogens with zero attached hydrogens (tertiary/aromatic N) is 3. The zero-order valence-electron chi connectivity index (χ0n) is 10.2. The highest BCUT2D eigenvalue weighted by Gasteiger charge is 2.06. The number of benzene rings is 1. The summed E-state index contributed by atoms with van der Waals surface area (Å²) in [6.07, 6.45) is 1.53. The van der Waals surface area contributed by atoms with Crippen molar-refractivity contribution in [3.8, 4) is 5.75 Å². The third-order valence-corrected chi connectivity index (χ3v) is 3.05. The number of rotatable bonds is 4. The maximum absolute atomic E-state index is 11.5. The summed E-state index contributed by atoms with van der Waals surface area (Å²) in [4.78, 5) is 11.5. The van der Waals surface area contributed by atoms with Gasteiger partial charge in [-0.3, -0.25) is 4.79 Å². The third-order valence-electron chi connectivity index (χ3n) is 2.21. The number of nitrogens with one attached hydrogen (secondary N) is 1. The van der Waals surface area contributed by atoms with Crippen LogP contribution < -0.4 is 5.43 Å². The fraction of sp³-hybridized carbons (Fsp3) is 0.167. The molecule has 1 aromatic carbocycles. The van der Waals surface area contributed by atoms with Gasteiger partial charge in [-0.1, -0.05) is 12.1 Å². The van der Waals surface area contributed by atoms with Gasteiger partial charge < -0.3 is 5.11 Å². The minimum atomic E-state index is -0.275. The Morgan fingerprint density at radius 2 is 2.26 bits per heavy atom. The molecule has 7 heteroatoms. The van der Waals surface area contributed by atoms with E-state index in [0.29, 0.717) is 10.6 Å². The number of aromatic hydroxyl groups is 1. The number of phenolic OH excluding ortho intramolecular Hbond substituents is 1. The third kappa shape index (κ3) is 3.85. The van der Waals surface area contributed by atoms with Crippen molar-refractivity contribution in [1.29, 1.82) is 0 Å². The number of phenols is 1. The Balaban J connectivity index is 1.88. The summed E-state index contributed by atoms with van der Waals surface area (Å²) in [5, 5.41) is 22.4. The maximum Gasteiger partial charge on any atom is 0.247 e. The first-order chi connectivity index (χ1) is 9.15. The van der Waals surface area contributed by atoms with Crippen LogP contribution in [0.1, 0.15) is 15.6 Å². The van der Waals surface area contributed by atoms with Gasteiger partial charge in [-0.25, -0.2) is 5.43 Å². The van der Waals surface area contributed by atoms with Crippen molar-refractivity contribution >= 4 is 23.5 Å². The second kappa shape index (κ2) is 6.05. The van der Waals surface area contributed by atoms with Crippen molar-refractivity contribution in [3.05, 3.63) is 39.8 Å². The number of carbonyl (C=O) groups excluding carboxylic acids is 1. The second-order valence-corrected chi connectivity index (χ2v) is 5.01. The Kier molecular flexibility index (Phi) is 4.19. The standard InChI is InChI=1S/C12H12N4O2S/c1-8-14-16-12(19-8)6-11(18)15-13-7-9-4-2-3-5-10(9)17/h2-5,7,17H,6H2,1H3,(H,15,18)/b13-7+. The highest BCUT2D eigenvalue weighted by molar-refractivity contribution is 7.11. The van der Waals surface area contributed by atoms with Gasteiger partial charge in [-0.05, 0) is 19.1 Å². The molecule has 2 rings (SSSR count). The Morgan fingerprint density at radius 1 is 1.47 bits per heavy atom. The highest BCUT2D eigenvalue weighted by atomic mass is 32.1. The summed E-state index contributed by atoms with van der Waals surface area (Å²) >= 11 is 1.37. The lowest BCUT2D eigenvalue weighted by molar-refractivity contribution is -0.120. The first-order valence-electron chi connectivity index (χ1n) is 5.54. The Bertz CT molecular complexity index is 609. The molecule has 0 bridgehead atoms. The molecule has 1 amide bonds. The van der Waals surface area contributed by atoms with Crippen LogP contribution in [-0.4, -0.2) is 27.4 Å². The summed E-state index contributed by atoms with van der Waals surface area (Å²) < 4.78 is 0. The minimum Gasteiger partial charge on any atom is -0.507 e. The fourth-order valence-corrected chi connectivity index (χ4v) is 2.06. The normalized spacial score (nSPS) is 10.8. The van der Waals surface area contributed by atoms with Gasteiger partial charge in [0.1, 0.15) is 15.8 Å². The molecule has 0 aliphatic heterocycles. The van der Waals surface area contributed by atoms with Gasteiger partial charge in [-0.15, -0.1) is 21.5 Å². The monoisotopic (exact) mass is 276 g/mol. The van der Waals surface area contributed by atoms with Crippen molar-refractivity contribution in [3.63, 3.8) is 0 Å². The molecule has 0 aliphatic carbocycles. The molecule has 0 saturated carbocycles. The lowest BCUT2D eigenvalue weighted by atomic mass is 10.2. The van der Waals surface area contributed by atoms with Crippen molar-refractivity contribution in [2.75, 3.05) is 0 Å². The van der Waals surface area contributed by atoms with Gasteiger partial charge in [0.15, 0.2) is 0 Å². The van der Waals surface area contributed by atoms with E-state index in [0.717, 1.165) is 5.01 Å². The van der Waals surface area contributed by atoms with Gasteiger partial charge in [0, 0.05) is 5.56 Å². The predicted octanol–water partition coefficient (Wildman–Crippen LogP) is 1.24. The molecule has 2 aromatic rings. The number of aryl methyl sites for hydroxylation is 1. The first-order valence-corrected chi connectivity index (χ1v) is 6.35. The van der Waals surface area contributed by atoms with Crippen LogP contribution in [0.4, 0.5) is 0 Å². The molecule has 0 radical (unpaired) electrons. The molecule has 0 aliphatic rings. The van der Waals surface area contributed by atoms with E-state index < -0.39 is 0 Å². The van der Waals surface area contributed by atoms with Crippen molar-refractivity contribution in [2.45, 2.75) is 13.3 Å². The molecule has 0 saturated heterocycles. The summed E-state index contributed by atoms with van der Waals surface area (Å²) in [6.45, 7) is 1.83. The van der Waals surface area contributed by atoms with Gasteiger partial charge >= 0.3 is 0 Å². The number of hydrazone groups is 1. The zero-order valence-corrected chi connectivity index (χ0v) is 11.0. The SMILES string of the molecule is Cc1nnc(CC(=O)N/N=C/c2ccccc2O)s1. The largest absolute Gasteiger partial charge is 0.507 e. The number of amides is 1. The van der Waals surface area contributed by atoms with Crippen LogP contribution in [0.3, 0.4) is 0 Å². The predicted molar refractivity (Wildman–Crippen MR) is 72.2 cm³/mol. The summed E-state index contributed by atoms with van der Waals surface area (Å²) in [7, 11) is 0. The lowest BCUT2D eigenvalue weighted by Gasteiger charge is -1.98. The van der Waals surface area contributed by atoms with Crippen LogP contribution in [0.2, 0.25) is 0 Å². The summed E-state index contributed by atoms with van der Waals surface area (Å²) in [5.41, 5.74) is 2.91. The van der Waals surface area contributed by atoms with E-state index in [2.05, 4.69) is 20.7 Å². The average molecular weight is 276 g/mol. The molecular weight excluding hydrogens is 264 g/mol. The molecule has 6 nitrogen and oxygen atoms in total. The number of carbonyl (C=O) groups is 1. The zero-order chi connectivity index (χ0) is 13.7. The van der Waals surface area contributed by atoms with Crippen LogP contribution in [0.15, 0.2) is 29.4 Å². The first kappa shape index (κ1) is 13.2. The second-order valence-electron chi connectivity index (χ2n) is 3.74. The molecular formula is C12H12N4O2S. The lowest BCUT2D eigenvalue weighted by Crippen LogP contribution is -2.19. The number of hydrogen-bond donors (Lipinski definition) is 2. The van der Waals surface area contributed by atoms with Crippen LogP contribution >= 0.6 is 11.3 Å². The van der Waals surface area contributed by atoms with Crippen LogP contribution in [0.5, 0.6) is 5.75 Å². The van der Waals surface area contributed by atoms with E-state index in [4.69, 9.17) is 0 Å². The molecule has 0 fully saturated rings. The Hall–Kier alpha value is -2.28. The quantitative estimate of drug-likeness (QED) is 0.649. The van der Waals surface area contributed by atoms with E-state index in [1.165, 1.54) is 17.6 Å². The minimum absolute atomic E-state index is 0.111. The van der Waals surface area contributed by atoms with Gasteiger partial charge in [-0.2, -0.15) is 5.10 Å². The Labute approximate surface area is 113 Å². The molecule has 2 N–H and O–H groups in total. The molecule has 0 spiro atoms. The summed E-state index contributed by atoms with van der Waals surface area (Å²) in [5.74, 6) is -0.164. The molecule has 19 heavy (non-hydrogen) atoms. The molecule has 98 valence electrons. The van der Waals surface area contributed by atoms with E-state index in [1.807, 2.05) is 6.92 Å². The van der Waals surface area contributed by atoms with Crippen molar-refractivity contribution < 1.29 is 9.90 Å². The van der Waals surface area contributed by atoms with E-state index in [1.54, 1.807) is 24.3 Å². The Morgan fingerprint density at radius 3 is 2.95 bits per heavy atom. The average Bonchev–Trinajstić information content (AvgIpc) is 2.77. The molecule has 0 unspecified atom stereocenters. The topological polar surface area (TPSA) is 87.5 Å². The number of hydrogen-bond acceptors (Lipinski definition) is 6. The van der Waals surface area contributed by atoms with Crippen LogP contribution in [-0.2, 0) is 11.2 Å². The summed E-state index contributed by atoms with van der Waals surface area (Å²) in [6, 6.07) is 6.72. The van der Waals surface area contributed by atoms with Gasteiger partial charge in [0.05, 0.1) is 12.6 Å². The van der Waals surface area contributed by atoms with E-state index in [9.17, 15) is 9.90 Å². The maximum atomic E-state index is 11.5. The van der Waals surface area contributed by atoms with Crippen molar-refractivity contribution in [1.82, 2.24) is 15.6 Å². The van der Waals surface area contributed by atoms with E-state index in [-0.39, 0.29) is 18.1 Å². The molecule has 0 atom stereocenters. The van der Waals surface area contributed by atoms with E-state index >= 15 is 0 Å². The van der Waals surface area contributed by atoms with Crippen molar-refractivity contribution in [2.24, 2.45) is 5.10 Å². The van der Waals surface area contributed by atoms with Crippen LogP contribution in [0, 0.1) is 6.92 Å². The van der Waals surface area contributed by atoms with Gasteiger partial charge in [0.2, 0.25) is 5.91 Å². The smallest absolute Gasteiger partial charge is 0.247 e. The molecule has 1 aromatic heterocycles. The molecule has 1 heterocycles. The number of aromatic nitrogens is 2. The van der Waals surface area contributed by atoms with Gasteiger partial charge in [0.25, 0.3) is 0 Å². The van der Waals surface area contributed by atoms with Crippen LogP contribution in [0.25, 0.3) is 0 Å². The number of para-hydroxylation sites is 1. The fourth-order valence-electron chi connectivity index (χ4n) is 1.36. The highest BCUT2D eigenvalue weighted by Crippen LogP contribution is 2.12.